The van der Waals surface area contributed by atoms with Crippen LogP contribution in [-0.2, 0) is 0 Å². The largest absolute Gasteiger partial charge is 0.337 e. The Kier molecular flexibility index (Phi) is 4.83. The Balaban J connectivity index is 2.42. The number of carbonyl (C=O) groups excluding carboxylic acids is 1. The Morgan fingerprint density at radius 3 is 2.56 bits per heavy atom. The fraction of sp³-hybridized carbons (Fsp3) is 0.462. The summed E-state index contributed by atoms with van der Waals surface area (Å²) in [4.78, 5) is 13.2. The standard InChI is InChI=1S/C13H20N2O/c1-4-15(3)13(16)14-10-11(2)12-8-6-5-7-9-12/h5-9,11H,4,10H2,1-3H3,(H,14,16)/t11-/m1/s1. The van der Waals surface area contributed by atoms with Crippen LogP contribution in [0.15, 0.2) is 30.3 Å². The zero-order valence-electron chi connectivity index (χ0n) is 10.2. The van der Waals surface area contributed by atoms with Crippen molar-refractivity contribution < 1.29 is 4.79 Å². The zero-order valence-corrected chi connectivity index (χ0v) is 10.2. The molecule has 1 rings (SSSR count). The molecule has 0 aromatic heterocycles. The van der Waals surface area contributed by atoms with Crippen LogP contribution in [0.1, 0.15) is 25.3 Å². The van der Waals surface area contributed by atoms with E-state index in [9.17, 15) is 4.79 Å². The third-order valence-electron chi connectivity index (χ3n) is 2.75. The van der Waals surface area contributed by atoms with Crippen molar-refractivity contribution in [3.05, 3.63) is 35.9 Å². The van der Waals surface area contributed by atoms with E-state index >= 15 is 0 Å². The van der Waals surface area contributed by atoms with Gasteiger partial charge in [-0.05, 0) is 18.4 Å². The molecule has 0 aliphatic carbocycles. The number of urea groups is 1. The molecule has 3 heteroatoms. The van der Waals surface area contributed by atoms with E-state index in [-0.39, 0.29) is 6.03 Å². The highest BCUT2D eigenvalue weighted by Gasteiger charge is 2.09. The summed E-state index contributed by atoms with van der Waals surface area (Å²) in [5.74, 6) is 0.343. The monoisotopic (exact) mass is 220 g/mol. The second-order valence-corrected chi connectivity index (χ2v) is 4.01. The maximum Gasteiger partial charge on any atom is 0.317 e. The van der Waals surface area contributed by atoms with E-state index in [1.807, 2.05) is 25.1 Å². The molecule has 1 N–H and O–H groups in total. The summed E-state index contributed by atoms with van der Waals surface area (Å²) >= 11 is 0. The van der Waals surface area contributed by atoms with Crippen molar-refractivity contribution in [2.24, 2.45) is 0 Å². The molecule has 1 atom stereocenters. The average molecular weight is 220 g/mol. The van der Waals surface area contributed by atoms with Gasteiger partial charge in [0.05, 0.1) is 0 Å². The Hall–Kier alpha value is -1.51. The van der Waals surface area contributed by atoms with Crippen molar-refractivity contribution in [2.75, 3.05) is 20.1 Å². The summed E-state index contributed by atoms with van der Waals surface area (Å²) in [6.07, 6.45) is 0. The first kappa shape index (κ1) is 12.6. The molecule has 0 aliphatic rings. The van der Waals surface area contributed by atoms with Gasteiger partial charge in [0.1, 0.15) is 0 Å². The van der Waals surface area contributed by atoms with Crippen molar-refractivity contribution in [1.29, 1.82) is 0 Å². The SMILES string of the molecule is CCN(C)C(=O)NC[C@@H](C)c1ccccc1. The minimum absolute atomic E-state index is 0.00900. The van der Waals surface area contributed by atoms with Crippen LogP contribution in [0.25, 0.3) is 0 Å². The molecule has 3 nitrogen and oxygen atoms in total. The number of nitrogens with one attached hydrogen (secondary N) is 1. The van der Waals surface area contributed by atoms with Crippen LogP contribution >= 0.6 is 0 Å². The lowest BCUT2D eigenvalue weighted by molar-refractivity contribution is 0.210. The van der Waals surface area contributed by atoms with Crippen LogP contribution in [0, 0.1) is 0 Å². The average Bonchev–Trinajstić information content (AvgIpc) is 2.35. The molecule has 2 amide bonds. The van der Waals surface area contributed by atoms with E-state index < -0.39 is 0 Å². The Morgan fingerprint density at radius 2 is 2.00 bits per heavy atom. The van der Waals surface area contributed by atoms with Crippen molar-refractivity contribution in [1.82, 2.24) is 10.2 Å². The third-order valence-corrected chi connectivity index (χ3v) is 2.75. The quantitative estimate of drug-likeness (QED) is 0.830. The summed E-state index contributed by atoms with van der Waals surface area (Å²) in [5.41, 5.74) is 1.25. The predicted molar refractivity (Wildman–Crippen MR) is 66.6 cm³/mol. The maximum absolute atomic E-state index is 11.5. The van der Waals surface area contributed by atoms with E-state index in [1.54, 1.807) is 11.9 Å². The van der Waals surface area contributed by atoms with Gasteiger partial charge in [-0.1, -0.05) is 37.3 Å². The first-order valence-electron chi connectivity index (χ1n) is 5.69. The summed E-state index contributed by atoms with van der Waals surface area (Å²) in [5, 5.41) is 2.92. The predicted octanol–water partition coefficient (Wildman–Crippen LogP) is 2.45. The van der Waals surface area contributed by atoms with Gasteiger partial charge in [0, 0.05) is 20.1 Å². The molecule has 0 heterocycles. The molecule has 0 saturated heterocycles. The third kappa shape index (κ3) is 3.57. The molecule has 0 saturated carbocycles. The Bertz CT molecular complexity index is 324. The minimum atomic E-state index is -0.00900. The highest BCUT2D eigenvalue weighted by atomic mass is 16.2. The van der Waals surface area contributed by atoms with E-state index in [0.29, 0.717) is 12.5 Å². The van der Waals surface area contributed by atoms with Gasteiger partial charge in [0.25, 0.3) is 0 Å². The number of carbonyl (C=O) groups is 1. The molecule has 0 aliphatic heterocycles. The number of benzene rings is 1. The van der Waals surface area contributed by atoms with Crippen LogP contribution in [0.3, 0.4) is 0 Å². The van der Waals surface area contributed by atoms with E-state index in [1.165, 1.54) is 5.56 Å². The molecular weight excluding hydrogens is 200 g/mol. The summed E-state index contributed by atoms with van der Waals surface area (Å²) in [6, 6.07) is 10.2. The highest BCUT2D eigenvalue weighted by molar-refractivity contribution is 5.73. The number of amides is 2. The van der Waals surface area contributed by atoms with E-state index in [2.05, 4.69) is 24.4 Å². The van der Waals surface area contributed by atoms with Gasteiger partial charge in [0.2, 0.25) is 0 Å². The fourth-order valence-corrected chi connectivity index (χ4v) is 1.42. The molecule has 1 aromatic rings. The van der Waals surface area contributed by atoms with Crippen molar-refractivity contribution in [3.63, 3.8) is 0 Å². The molecular formula is C13H20N2O. The second kappa shape index (κ2) is 6.16. The van der Waals surface area contributed by atoms with E-state index in [4.69, 9.17) is 0 Å². The first-order valence-corrected chi connectivity index (χ1v) is 5.69. The van der Waals surface area contributed by atoms with Crippen LogP contribution in [-0.4, -0.2) is 31.1 Å². The first-order chi connectivity index (χ1) is 7.65. The van der Waals surface area contributed by atoms with Gasteiger partial charge < -0.3 is 10.2 Å². The molecule has 0 spiro atoms. The fourth-order valence-electron chi connectivity index (χ4n) is 1.42. The molecule has 0 bridgehead atoms. The number of rotatable bonds is 4. The smallest absolute Gasteiger partial charge is 0.317 e. The number of hydrogen-bond acceptors (Lipinski definition) is 1. The topological polar surface area (TPSA) is 32.3 Å². The normalized spacial score (nSPS) is 11.9. The van der Waals surface area contributed by atoms with Gasteiger partial charge in [-0.3, -0.25) is 0 Å². The second-order valence-electron chi connectivity index (χ2n) is 4.01. The van der Waals surface area contributed by atoms with Gasteiger partial charge in [-0.15, -0.1) is 0 Å². The van der Waals surface area contributed by atoms with Crippen molar-refractivity contribution >= 4 is 6.03 Å². The number of hydrogen-bond donors (Lipinski definition) is 1. The van der Waals surface area contributed by atoms with Crippen LogP contribution in [0.4, 0.5) is 4.79 Å². The number of nitrogens with zero attached hydrogens (tertiary/aromatic N) is 1. The lowest BCUT2D eigenvalue weighted by atomic mass is 10.0. The molecule has 0 radical (unpaired) electrons. The summed E-state index contributed by atoms with van der Waals surface area (Å²) in [6.45, 7) is 5.47. The van der Waals surface area contributed by atoms with Gasteiger partial charge >= 0.3 is 6.03 Å². The van der Waals surface area contributed by atoms with Crippen LogP contribution in [0.2, 0.25) is 0 Å². The van der Waals surface area contributed by atoms with Gasteiger partial charge in [-0.2, -0.15) is 0 Å². The van der Waals surface area contributed by atoms with Crippen LogP contribution in [0.5, 0.6) is 0 Å². The van der Waals surface area contributed by atoms with Crippen molar-refractivity contribution in [3.8, 4) is 0 Å². The maximum atomic E-state index is 11.5. The minimum Gasteiger partial charge on any atom is -0.337 e. The molecule has 0 fully saturated rings. The van der Waals surface area contributed by atoms with Gasteiger partial charge in [-0.25, -0.2) is 4.79 Å². The van der Waals surface area contributed by atoms with Crippen molar-refractivity contribution in [2.45, 2.75) is 19.8 Å². The summed E-state index contributed by atoms with van der Waals surface area (Å²) < 4.78 is 0. The molecule has 88 valence electrons. The van der Waals surface area contributed by atoms with Gasteiger partial charge in [0.15, 0.2) is 0 Å². The molecule has 16 heavy (non-hydrogen) atoms. The summed E-state index contributed by atoms with van der Waals surface area (Å²) in [7, 11) is 1.79. The van der Waals surface area contributed by atoms with Crippen LogP contribution < -0.4 is 5.32 Å². The molecule has 1 aromatic carbocycles. The highest BCUT2D eigenvalue weighted by Crippen LogP contribution is 2.12. The lowest BCUT2D eigenvalue weighted by Gasteiger charge is -2.18. The molecule has 0 unspecified atom stereocenters. The Morgan fingerprint density at radius 1 is 1.38 bits per heavy atom. The van der Waals surface area contributed by atoms with E-state index in [0.717, 1.165) is 6.54 Å². The Labute approximate surface area is 97.5 Å². The lowest BCUT2D eigenvalue weighted by Crippen LogP contribution is -2.38. The zero-order chi connectivity index (χ0) is 12.0.